The summed E-state index contributed by atoms with van der Waals surface area (Å²) in [4.78, 5) is 0. The molecule has 55 heavy (non-hydrogen) atoms. The van der Waals surface area contributed by atoms with Crippen LogP contribution in [0.1, 0.15) is 112 Å². The minimum absolute atomic E-state index is 0.157. The van der Waals surface area contributed by atoms with Gasteiger partial charge in [-0.1, -0.05) is 0 Å². The van der Waals surface area contributed by atoms with Gasteiger partial charge in [0.15, 0.2) is 0 Å². The predicted molar refractivity (Wildman–Crippen MR) is 246 cm³/mol. The molecule has 0 aromatic heterocycles. The van der Waals surface area contributed by atoms with Crippen LogP contribution in [0.2, 0.25) is 0 Å². The van der Waals surface area contributed by atoms with Crippen molar-refractivity contribution in [2.45, 2.75) is 78.6 Å². The summed E-state index contributed by atoms with van der Waals surface area (Å²) in [5.74, 6) is 0. The van der Waals surface area contributed by atoms with Crippen molar-refractivity contribution >= 4 is 64.2 Å². The molecule has 0 aliphatic heterocycles. The third-order valence-corrected chi connectivity index (χ3v) is 15.3. The Kier molecular flexibility index (Phi) is 12.2. The molecule has 6 aromatic carbocycles. The van der Waals surface area contributed by atoms with Crippen LogP contribution >= 0.6 is 0 Å². The first-order valence-corrected chi connectivity index (χ1v) is 22.4. The monoisotopic (exact) mass is 780 g/mol. The first-order chi connectivity index (χ1) is 26.1. The van der Waals surface area contributed by atoms with Crippen LogP contribution in [0.5, 0.6) is 0 Å². The van der Waals surface area contributed by atoms with Crippen LogP contribution in [0.25, 0.3) is 36.5 Å². The Morgan fingerprint density at radius 3 is 0.582 bits per heavy atom. The van der Waals surface area contributed by atoms with Crippen LogP contribution in [0.4, 0.5) is 0 Å². The standard InChI is InChI=1S/C54H57As/c1-52(2,3)46-28-16-40(17-29-46)10-13-43-22-34-49(35-23-43)55(50-36-24-44(25-37-50)14-11-41-18-30-47(31-19-41)53(4,5)6)51-38-26-45(27-39-51)15-12-42-20-32-48(33-21-42)54(7,8)9/h10-39H,1-9H3. The molecule has 0 saturated carbocycles. The first-order valence-electron chi connectivity index (χ1n) is 19.6. The Bertz CT molecular complexity index is 1960. The molecule has 0 N–H and O–H groups in total. The van der Waals surface area contributed by atoms with E-state index < -0.39 is 14.7 Å². The van der Waals surface area contributed by atoms with Crippen molar-refractivity contribution in [3.63, 3.8) is 0 Å². The van der Waals surface area contributed by atoms with E-state index in [9.17, 15) is 0 Å². The van der Waals surface area contributed by atoms with E-state index in [-0.39, 0.29) is 16.2 Å². The zero-order valence-corrected chi connectivity index (χ0v) is 36.1. The molecule has 6 rings (SSSR count). The van der Waals surface area contributed by atoms with Gasteiger partial charge in [0.2, 0.25) is 0 Å². The second-order valence-electron chi connectivity index (χ2n) is 17.7. The van der Waals surface area contributed by atoms with Gasteiger partial charge in [-0.25, -0.2) is 0 Å². The van der Waals surface area contributed by atoms with Crippen molar-refractivity contribution in [2.24, 2.45) is 0 Å². The van der Waals surface area contributed by atoms with Crippen LogP contribution in [0.3, 0.4) is 0 Å². The maximum absolute atomic E-state index is 2.35. The van der Waals surface area contributed by atoms with Gasteiger partial charge in [0, 0.05) is 0 Å². The molecule has 6 aromatic rings. The Balaban J connectivity index is 1.24. The fourth-order valence-electron chi connectivity index (χ4n) is 6.51. The van der Waals surface area contributed by atoms with Gasteiger partial charge in [0.25, 0.3) is 0 Å². The van der Waals surface area contributed by atoms with E-state index in [1.807, 2.05) is 0 Å². The van der Waals surface area contributed by atoms with E-state index in [0.717, 1.165) is 0 Å². The molecule has 0 bridgehead atoms. The molecule has 0 aliphatic carbocycles. The summed E-state index contributed by atoms with van der Waals surface area (Å²) in [5, 5.41) is 0. The maximum atomic E-state index is 2.35. The Labute approximate surface area is 336 Å². The zero-order chi connectivity index (χ0) is 39.2. The van der Waals surface area contributed by atoms with Gasteiger partial charge in [-0.2, -0.15) is 0 Å². The van der Waals surface area contributed by atoms with Crippen molar-refractivity contribution < 1.29 is 0 Å². The molecule has 0 heterocycles. The second-order valence-corrected chi connectivity index (χ2v) is 22.4. The predicted octanol–water partition coefficient (Wildman–Crippen LogP) is 12.6. The van der Waals surface area contributed by atoms with Gasteiger partial charge in [-0.05, 0) is 0 Å². The summed E-state index contributed by atoms with van der Waals surface area (Å²) in [6.07, 6.45) is 13.3. The van der Waals surface area contributed by atoms with Crippen molar-refractivity contribution in [1.82, 2.24) is 0 Å². The fourth-order valence-corrected chi connectivity index (χ4v) is 11.2. The molecule has 0 atom stereocenters. The third-order valence-electron chi connectivity index (χ3n) is 10.2. The van der Waals surface area contributed by atoms with Gasteiger partial charge < -0.3 is 0 Å². The normalized spacial score (nSPS) is 13.3. The van der Waals surface area contributed by atoms with Crippen molar-refractivity contribution in [3.8, 4) is 0 Å². The number of rotatable bonds is 9. The molecular formula is C54H57As. The fraction of sp³-hybridized carbons (Fsp3) is 0.222. The average Bonchev–Trinajstić information content (AvgIpc) is 3.16. The Morgan fingerprint density at radius 2 is 0.418 bits per heavy atom. The van der Waals surface area contributed by atoms with E-state index in [1.54, 1.807) is 0 Å². The molecule has 0 spiro atoms. The van der Waals surface area contributed by atoms with Gasteiger partial charge in [0.1, 0.15) is 0 Å². The number of hydrogen-bond acceptors (Lipinski definition) is 0. The minimum atomic E-state index is -1.84. The molecule has 0 amide bonds. The van der Waals surface area contributed by atoms with Crippen molar-refractivity contribution in [3.05, 3.63) is 196 Å². The van der Waals surface area contributed by atoms with E-state index in [0.29, 0.717) is 0 Å². The SMILES string of the molecule is CC(C)(C)c1ccc(C=Cc2ccc([As](c3ccc(C=Cc4ccc(C(C)(C)C)cc4)cc3)c3ccc(C=Cc4ccc(C(C)(C)C)cc4)cc3)cc2)cc1. The Hall–Kier alpha value is -4.90. The third kappa shape index (κ3) is 10.9. The van der Waals surface area contributed by atoms with E-state index in [4.69, 9.17) is 0 Å². The molecule has 0 saturated heterocycles. The van der Waals surface area contributed by atoms with E-state index in [1.165, 1.54) is 63.1 Å². The van der Waals surface area contributed by atoms with Crippen LogP contribution in [0.15, 0.2) is 146 Å². The van der Waals surface area contributed by atoms with Crippen LogP contribution in [-0.2, 0) is 16.2 Å². The molecule has 0 nitrogen and oxygen atoms in total. The Morgan fingerprint density at radius 1 is 0.255 bits per heavy atom. The number of benzene rings is 6. The van der Waals surface area contributed by atoms with Gasteiger partial charge in [-0.3, -0.25) is 0 Å². The molecule has 278 valence electrons. The summed E-state index contributed by atoms with van der Waals surface area (Å²) in [6, 6.07) is 54.6. The van der Waals surface area contributed by atoms with Crippen LogP contribution in [0, 0.1) is 0 Å². The molecule has 0 aliphatic rings. The van der Waals surface area contributed by atoms with Gasteiger partial charge in [0.05, 0.1) is 0 Å². The molecule has 0 fully saturated rings. The summed E-state index contributed by atoms with van der Waals surface area (Å²) < 4.78 is 4.26. The summed E-state index contributed by atoms with van der Waals surface area (Å²) >= 11 is -1.84. The van der Waals surface area contributed by atoms with E-state index >= 15 is 0 Å². The summed E-state index contributed by atoms with van der Waals surface area (Å²) in [5.41, 5.74) is 11.8. The van der Waals surface area contributed by atoms with Crippen LogP contribution < -0.4 is 13.1 Å². The van der Waals surface area contributed by atoms with Gasteiger partial charge >= 0.3 is 338 Å². The first kappa shape index (κ1) is 39.8. The van der Waals surface area contributed by atoms with Crippen molar-refractivity contribution in [1.29, 1.82) is 0 Å². The molecule has 0 radical (unpaired) electrons. The summed E-state index contributed by atoms with van der Waals surface area (Å²) in [7, 11) is 0. The van der Waals surface area contributed by atoms with Crippen molar-refractivity contribution in [2.75, 3.05) is 0 Å². The molecular weight excluding hydrogens is 724 g/mol. The second kappa shape index (κ2) is 16.9. The quantitative estimate of drug-likeness (QED) is 0.101. The molecule has 0 unspecified atom stereocenters. The topological polar surface area (TPSA) is 0 Å². The molecule has 1 heteroatoms. The number of hydrogen-bond donors (Lipinski definition) is 0. The zero-order valence-electron chi connectivity index (χ0n) is 34.3. The average molecular weight is 781 g/mol. The summed E-state index contributed by atoms with van der Waals surface area (Å²) in [6.45, 7) is 20.3. The van der Waals surface area contributed by atoms with Gasteiger partial charge in [-0.15, -0.1) is 0 Å². The van der Waals surface area contributed by atoms with Crippen LogP contribution in [-0.4, -0.2) is 14.7 Å². The van der Waals surface area contributed by atoms with E-state index in [2.05, 4.69) is 244 Å².